The summed E-state index contributed by atoms with van der Waals surface area (Å²) in [5, 5.41) is 14.8. The monoisotopic (exact) mass is 589 g/mol. The van der Waals surface area contributed by atoms with E-state index in [0.29, 0.717) is 23.1 Å². The van der Waals surface area contributed by atoms with E-state index in [9.17, 15) is 28.1 Å². The Kier molecular flexibility index (Phi) is 6.43. The Bertz CT molecular complexity index is 1740. The number of methoxy groups -OCH3 is 2. The van der Waals surface area contributed by atoms with Crippen LogP contribution in [-0.2, 0) is 34.5 Å². The smallest absolute Gasteiger partial charge is 0.324 e. The lowest BCUT2D eigenvalue weighted by atomic mass is 9.71. The molecule has 2 aliphatic heterocycles. The van der Waals surface area contributed by atoms with Gasteiger partial charge in [0.1, 0.15) is 5.66 Å². The number of rotatable bonds is 7. The minimum atomic E-state index is -4.28. The van der Waals surface area contributed by atoms with E-state index in [1.807, 2.05) is 42.5 Å². The van der Waals surface area contributed by atoms with Crippen molar-refractivity contribution in [2.75, 3.05) is 26.1 Å². The van der Waals surface area contributed by atoms with Gasteiger partial charge in [0.2, 0.25) is 10.0 Å². The summed E-state index contributed by atoms with van der Waals surface area (Å²) in [7, 11) is -1.91. The highest BCUT2D eigenvalue weighted by molar-refractivity contribution is 7.89. The van der Waals surface area contributed by atoms with Crippen LogP contribution in [0.2, 0.25) is 0 Å². The summed E-state index contributed by atoms with van der Waals surface area (Å²) in [5.74, 6) is -3.05. The summed E-state index contributed by atoms with van der Waals surface area (Å²) in [4.78, 5) is 36.9. The molecule has 12 heteroatoms. The molecule has 6 rings (SSSR count). The zero-order chi connectivity index (χ0) is 29.9. The zero-order valence-electron chi connectivity index (χ0n) is 22.8. The molecule has 2 atom stereocenters. The van der Waals surface area contributed by atoms with Crippen molar-refractivity contribution in [1.82, 2.24) is 4.31 Å². The minimum Gasteiger partial charge on any atom is -0.468 e. The van der Waals surface area contributed by atoms with Gasteiger partial charge in [-0.25, -0.2) is 8.42 Å². The highest BCUT2D eigenvalue weighted by Crippen LogP contribution is 2.68. The third-order valence-corrected chi connectivity index (χ3v) is 10.6. The summed E-state index contributed by atoms with van der Waals surface area (Å²) >= 11 is 0. The van der Waals surface area contributed by atoms with Crippen molar-refractivity contribution in [2.45, 2.75) is 28.8 Å². The van der Waals surface area contributed by atoms with Crippen molar-refractivity contribution in [2.24, 2.45) is 5.92 Å². The lowest BCUT2D eigenvalue weighted by Gasteiger charge is -2.42. The molecular formula is C30H27N3O8S. The van der Waals surface area contributed by atoms with E-state index in [0.717, 1.165) is 23.4 Å². The number of carbonyl (C=O) groups excluding carboxylic acids is 2. The largest absolute Gasteiger partial charge is 0.468 e. The number of benzene rings is 3. The molecular weight excluding hydrogens is 562 g/mol. The Morgan fingerprint density at radius 1 is 0.952 bits per heavy atom. The number of nitrogens with one attached hydrogen (secondary N) is 1. The molecule has 0 spiro atoms. The molecule has 0 bridgehead atoms. The molecule has 3 aliphatic rings. The molecule has 1 aliphatic carbocycles. The first-order chi connectivity index (χ1) is 20.1. The van der Waals surface area contributed by atoms with Crippen molar-refractivity contribution < 1.29 is 32.4 Å². The molecule has 0 radical (unpaired) electrons. The third-order valence-electron chi connectivity index (χ3n) is 8.66. The number of fused-ring (bicyclic) bond motifs is 1. The van der Waals surface area contributed by atoms with Gasteiger partial charge < -0.3 is 14.8 Å². The first-order valence-corrected chi connectivity index (χ1v) is 14.7. The minimum absolute atomic E-state index is 0.116. The van der Waals surface area contributed by atoms with Gasteiger partial charge in [-0.1, -0.05) is 48.5 Å². The molecule has 0 saturated carbocycles. The number of nitrogens with zero attached hydrogens (tertiary/aromatic N) is 2. The SMILES string of the molecule is COC(=O)C(C(=O)OC)C1=C(c2ccccc2)[C@@]23Nc4ccccc4[C@@]2(CCN3S(=O)(=O)c2ccc([N+](=O)[O-])cc2)C1. The Morgan fingerprint density at radius 3 is 2.19 bits per heavy atom. The second-order valence-corrected chi connectivity index (χ2v) is 12.3. The van der Waals surface area contributed by atoms with Gasteiger partial charge in [0.15, 0.2) is 5.92 Å². The molecule has 0 aromatic heterocycles. The van der Waals surface area contributed by atoms with Gasteiger partial charge in [-0.05, 0) is 47.7 Å². The van der Waals surface area contributed by atoms with E-state index in [1.165, 1.54) is 30.7 Å². The maximum atomic E-state index is 14.5. The maximum absolute atomic E-state index is 14.5. The topological polar surface area (TPSA) is 145 Å². The first-order valence-electron chi connectivity index (χ1n) is 13.2. The molecule has 1 fully saturated rings. The third kappa shape index (κ3) is 3.64. The van der Waals surface area contributed by atoms with E-state index in [-0.39, 0.29) is 23.5 Å². The van der Waals surface area contributed by atoms with Crippen LogP contribution in [0.15, 0.2) is 89.3 Å². The van der Waals surface area contributed by atoms with Gasteiger partial charge in [0.25, 0.3) is 5.69 Å². The summed E-state index contributed by atoms with van der Waals surface area (Å²) < 4.78 is 40.5. The van der Waals surface area contributed by atoms with Crippen molar-refractivity contribution in [3.63, 3.8) is 0 Å². The predicted molar refractivity (Wildman–Crippen MR) is 152 cm³/mol. The van der Waals surface area contributed by atoms with Gasteiger partial charge in [-0.2, -0.15) is 4.31 Å². The van der Waals surface area contributed by atoms with Gasteiger partial charge in [0.05, 0.1) is 24.0 Å². The molecule has 1 N–H and O–H groups in total. The van der Waals surface area contributed by atoms with E-state index in [4.69, 9.17) is 9.47 Å². The number of non-ortho nitro benzene ring substituents is 1. The molecule has 216 valence electrons. The predicted octanol–water partition coefficient (Wildman–Crippen LogP) is 3.87. The van der Waals surface area contributed by atoms with Crippen LogP contribution in [0.1, 0.15) is 24.0 Å². The van der Waals surface area contributed by atoms with Gasteiger partial charge in [-0.3, -0.25) is 19.7 Å². The summed E-state index contributed by atoms with van der Waals surface area (Å²) in [6, 6.07) is 21.3. The van der Waals surface area contributed by atoms with Crippen molar-refractivity contribution >= 4 is 38.9 Å². The van der Waals surface area contributed by atoms with Crippen molar-refractivity contribution in [3.8, 4) is 0 Å². The molecule has 11 nitrogen and oxygen atoms in total. The van der Waals surface area contributed by atoms with Crippen LogP contribution in [0, 0.1) is 16.0 Å². The van der Waals surface area contributed by atoms with Crippen LogP contribution in [0.3, 0.4) is 0 Å². The average molecular weight is 590 g/mol. The molecule has 2 heterocycles. The Balaban J connectivity index is 1.66. The van der Waals surface area contributed by atoms with Crippen molar-refractivity contribution in [3.05, 3.63) is 106 Å². The van der Waals surface area contributed by atoms with Gasteiger partial charge in [-0.15, -0.1) is 0 Å². The fraction of sp³-hybridized carbons (Fsp3) is 0.267. The van der Waals surface area contributed by atoms with Crippen LogP contribution in [-0.4, -0.2) is 56.0 Å². The highest BCUT2D eigenvalue weighted by Gasteiger charge is 2.73. The Labute approximate surface area is 241 Å². The van der Waals surface area contributed by atoms with E-state index < -0.39 is 43.9 Å². The number of esters is 2. The number of hydrogen-bond acceptors (Lipinski definition) is 9. The fourth-order valence-corrected chi connectivity index (χ4v) is 8.75. The number of para-hydroxylation sites is 1. The maximum Gasteiger partial charge on any atom is 0.324 e. The van der Waals surface area contributed by atoms with Crippen LogP contribution >= 0.6 is 0 Å². The number of nitro benzene ring substituents is 1. The van der Waals surface area contributed by atoms with Gasteiger partial charge in [0, 0.05) is 35.4 Å². The molecule has 3 aromatic carbocycles. The second-order valence-electron chi connectivity index (χ2n) is 10.5. The van der Waals surface area contributed by atoms with E-state index in [1.54, 1.807) is 12.1 Å². The van der Waals surface area contributed by atoms with Crippen molar-refractivity contribution in [1.29, 1.82) is 0 Å². The number of ether oxygens (including phenoxy) is 2. The molecule has 0 amide bonds. The molecule has 42 heavy (non-hydrogen) atoms. The lowest BCUT2D eigenvalue weighted by Crippen LogP contribution is -2.58. The summed E-state index contributed by atoms with van der Waals surface area (Å²) in [6.07, 6.45) is 0.556. The van der Waals surface area contributed by atoms with Crippen LogP contribution in [0.4, 0.5) is 11.4 Å². The number of hydrogen-bond donors (Lipinski definition) is 1. The van der Waals surface area contributed by atoms with E-state index in [2.05, 4.69) is 5.32 Å². The molecule has 1 saturated heterocycles. The number of carbonyl (C=O) groups is 2. The standard InChI is InChI=1S/C30H27N3O8S/c1-40-27(34)25(28(35)41-2)22-18-29-16-17-32(42(38,39)21-14-12-20(13-15-21)33(36)37)30(29,26(22)19-8-4-3-5-9-19)31-24-11-7-6-10-23(24)29/h3-15,25,31H,16-18H2,1-2H3/t29-,30+/m1/s1. The normalized spacial score (nSPS) is 22.7. The van der Waals surface area contributed by atoms with Crippen LogP contribution in [0.25, 0.3) is 5.57 Å². The Morgan fingerprint density at radius 2 is 1.57 bits per heavy atom. The Hall–Kier alpha value is -4.55. The van der Waals surface area contributed by atoms with Crippen LogP contribution < -0.4 is 5.32 Å². The fourth-order valence-electron chi connectivity index (χ4n) is 7.01. The molecule has 0 unspecified atom stereocenters. The number of anilines is 1. The highest BCUT2D eigenvalue weighted by atomic mass is 32.2. The second kappa shape index (κ2) is 9.78. The summed E-state index contributed by atoms with van der Waals surface area (Å²) in [5.41, 5.74) is 0.546. The van der Waals surface area contributed by atoms with Crippen LogP contribution in [0.5, 0.6) is 0 Å². The van der Waals surface area contributed by atoms with E-state index >= 15 is 0 Å². The zero-order valence-corrected chi connectivity index (χ0v) is 23.6. The first kappa shape index (κ1) is 27.6. The quantitative estimate of drug-likeness (QED) is 0.188. The average Bonchev–Trinajstić information content (AvgIpc) is 3.56. The molecule has 3 aromatic rings. The number of nitro groups is 1. The lowest BCUT2D eigenvalue weighted by molar-refractivity contribution is -0.384. The summed E-state index contributed by atoms with van der Waals surface area (Å²) in [6.45, 7) is 0.116. The number of sulfonamides is 1. The van der Waals surface area contributed by atoms with Gasteiger partial charge >= 0.3 is 11.9 Å².